The Hall–Kier alpha value is -0.450. The van der Waals surface area contributed by atoms with Crippen molar-refractivity contribution in [1.82, 2.24) is 0 Å². The number of hydrogen-bond donors (Lipinski definition) is 0. The van der Waals surface area contributed by atoms with Crippen molar-refractivity contribution < 1.29 is 19.3 Å². The molecule has 0 amide bonds. The summed E-state index contributed by atoms with van der Waals surface area (Å²) in [6.45, 7) is 5.70. The van der Waals surface area contributed by atoms with E-state index in [1.807, 2.05) is 0 Å². The van der Waals surface area contributed by atoms with E-state index >= 15 is 0 Å². The van der Waals surface area contributed by atoms with Crippen LogP contribution in [0.1, 0.15) is 59.3 Å². The Morgan fingerprint density at radius 1 is 1.24 bits per heavy atom. The molecule has 0 N–H and O–H groups in total. The molecule has 0 spiro atoms. The number of methoxy groups -OCH3 is 1. The molecule has 4 nitrogen and oxygen atoms in total. The molecular weight excluding hydrogens is 220 g/mol. The fourth-order valence-electron chi connectivity index (χ4n) is 1.33. The molecule has 1 atom stereocenters. The SMILES string of the molecule is CCCCCCC(CC=O)OOC(C)(C)OC. The first-order valence-electron chi connectivity index (χ1n) is 6.39. The van der Waals surface area contributed by atoms with Crippen molar-refractivity contribution in [3.05, 3.63) is 0 Å². The number of aldehydes is 1. The maximum absolute atomic E-state index is 10.5. The van der Waals surface area contributed by atoms with E-state index in [-0.39, 0.29) is 6.10 Å². The second-order valence-corrected chi connectivity index (χ2v) is 4.66. The van der Waals surface area contributed by atoms with Crippen molar-refractivity contribution in [2.75, 3.05) is 7.11 Å². The summed E-state index contributed by atoms with van der Waals surface area (Å²) in [5.41, 5.74) is 0. The summed E-state index contributed by atoms with van der Waals surface area (Å²) < 4.78 is 5.07. The zero-order valence-electron chi connectivity index (χ0n) is 11.5. The van der Waals surface area contributed by atoms with Crippen LogP contribution in [-0.4, -0.2) is 25.3 Å². The highest BCUT2D eigenvalue weighted by molar-refractivity contribution is 5.50. The minimum absolute atomic E-state index is 0.168. The summed E-state index contributed by atoms with van der Waals surface area (Å²) in [4.78, 5) is 21.0. The molecule has 0 radical (unpaired) electrons. The van der Waals surface area contributed by atoms with Gasteiger partial charge in [-0.3, -0.25) is 0 Å². The topological polar surface area (TPSA) is 44.8 Å². The van der Waals surface area contributed by atoms with Crippen molar-refractivity contribution >= 4 is 6.29 Å². The molecular formula is C13H26O4. The van der Waals surface area contributed by atoms with Crippen LogP contribution < -0.4 is 0 Å². The Bertz CT molecular complexity index is 192. The van der Waals surface area contributed by atoms with E-state index in [2.05, 4.69) is 6.92 Å². The van der Waals surface area contributed by atoms with E-state index in [0.717, 1.165) is 19.1 Å². The maximum Gasteiger partial charge on any atom is 0.195 e. The number of ether oxygens (including phenoxy) is 1. The lowest BCUT2D eigenvalue weighted by molar-refractivity contribution is -0.430. The molecule has 0 saturated heterocycles. The highest BCUT2D eigenvalue weighted by atomic mass is 17.2. The van der Waals surface area contributed by atoms with Crippen LogP contribution in [-0.2, 0) is 19.3 Å². The number of carbonyl (C=O) groups is 1. The zero-order valence-corrected chi connectivity index (χ0v) is 11.5. The molecule has 0 aliphatic rings. The van der Waals surface area contributed by atoms with Gasteiger partial charge in [-0.15, -0.1) is 0 Å². The van der Waals surface area contributed by atoms with Gasteiger partial charge in [0.15, 0.2) is 5.79 Å². The highest BCUT2D eigenvalue weighted by Crippen LogP contribution is 2.16. The number of unbranched alkanes of at least 4 members (excludes halogenated alkanes) is 3. The zero-order chi connectivity index (χ0) is 13.1. The summed E-state index contributed by atoms with van der Waals surface area (Å²) in [5.74, 6) is -0.773. The number of hydrogen-bond acceptors (Lipinski definition) is 4. The van der Waals surface area contributed by atoms with Crippen molar-refractivity contribution in [1.29, 1.82) is 0 Å². The third-order valence-corrected chi connectivity index (χ3v) is 2.62. The molecule has 1 unspecified atom stereocenters. The normalized spacial score (nSPS) is 13.6. The fraction of sp³-hybridized carbons (Fsp3) is 0.923. The third-order valence-electron chi connectivity index (χ3n) is 2.62. The van der Waals surface area contributed by atoms with Crippen LogP contribution in [0.2, 0.25) is 0 Å². The standard InChI is InChI=1S/C13H26O4/c1-5-6-7-8-9-12(10-11-14)16-17-13(2,3)15-4/h11-12H,5-10H2,1-4H3. The first kappa shape index (κ1) is 16.6. The lowest BCUT2D eigenvalue weighted by Gasteiger charge is -2.24. The molecule has 0 aromatic heterocycles. The van der Waals surface area contributed by atoms with E-state index in [1.165, 1.54) is 19.3 Å². The Morgan fingerprint density at radius 3 is 2.47 bits per heavy atom. The third kappa shape index (κ3) is 9.27. The second-order valence-electron chi connectivity index (χ2n) is 4.66. The van der Waals surface area contributed by atoms with E-state index in [9.17, 15) is 4.79 Å². The molecule has 4 heteroatoms. The van der Waals surface area contributed by atoms with E-state index in [1.54, 1.807) is 21.0 Å². The summed E-state index contributed by atoms with van der Waals surface area (Å²) in [6.07, 6.45) is 6.56. The maximum atomic E-state index is 10.5. The van der Waals surface area contributed by atoms with Gasteiger partial charge in [-0.05, 0) is 20.3 Å². The molecule has 0 aromatic carbocycles. The Labute approximate surface area is 105 Å². The van der Waals surface area contributed by atoms with Crippen LogP contribution in [0.4, 0.5) is 0 Å². The quantitative estimate of drug-likeness (QED) is 0.184. The lowest BCUT2D eigenvalue weighted by atomic mass is 10.1. The van der Waals surface area contributed by atoms with Crippen LogP contribution >= 0.6 is 0 Å². The first-order valence-corrected chi connectivity index (χ1v) is 6.39. The van der Waals surface area contributed by atoms with Gasteiger partial charge in [0.2, 0.25) is 0 Å². The van der Waals surface area contributed by atoms with Crippen LogP contribution in [0, 0.1) is 0 Å². The molecule has 0 aliphatic carbocycles. The molecule has 0 aromatic rings. The summed E-state index contributed by atoms with van der Waals surface area (Å²) in [7, 11) is 1.55. The van der Waals surface area contributed by atoms with Crippen molar-refractivity contribution in [3.8, 4) is 0 Å². The van der Waals surface area contributed by atoms with Gasteiger partial charge in [0.25, 0.3) is 0 Å². The molecule has 0 aliphatic heterocycles. The van der Waals surface area contributed by atoms with Gasteiger partial charge in [0.05, 0.1) is 6.10 Å². The predicted molar refractivity (Wildman–Crippen MR) is 66.5 cm³/mol. The van der Waals surface area contributed by atoms with Crippen molar-refractivity contribution in [3.63, 3.8) is 0 Å². The van der Waals surface area contributed by atoms with Crippen LogP contribution in [0.15, 0.2) is 0 Å². The van der Waals surface area contributed by atoms with Gasteiger partial charge >= 0.3 is 0 Å². The van der Waals surface area contributed by atoms with E-state index in [0.29, 0.717) is 6.42 Å². The molecule has 0 fully saturated rings. The Balaban J connectivity index is 3.85. The van der Waals surface area contributed by atoms with Gasteiger partial charge in [0.1, 0.15) is 6.29 Å². The van der Waals surface area contributed by atoms with Gasteiger partial charge in [-0.1, -0.05) is 32.6 Å². The second kappa shape index (κ2) is 9.57. The first-order chi connectivity index (χ1) is 8.05. The van der Waals surface area contributed by atoms with Crippen molar-refractivity contribution in [2.45, 2.75) is 71.2 Å². The van der Waals surface area contributed by atoms with E-state index in [4.69, 9.17) is 14.5 Å². The molecule has 0 saturated carbocycles. The predicted octanol–water partition coefficient (Wildman–Crippen LogP) is 3.25. The molecule has 0 rings (SSSR count). The minimum atomic E-state index is -0.773. The minimum Gasteiger partial charge on any atom is -0.351 e. The van der Waals surface area contributed by atoms with Gasteiger partial charge in [-0.2, -0.15) is 0 Å². The van der Waals surface area contributed by atoms with Gasteiger partial charge in [-0.25, -0.2) is 9.78 Å². The smallest absolute Gasteiger partial charge is 0.195 e. The largest absolute Gasteiger partial charge is 0.351 e. The Kier molecular flexibility index (Phi) is 9.31. The lowest BCUT2D eigenvalue weighted by Crippen LogP contribution is -2.29. The highest BCUT2D eigenvalue weighted by Gasteiger charge is 2.21. The van der Waals surface area contributed by atoms with Gasteiger partial charge < -0.3 is 9.53 Å². The number of carbonyl (C=O) groups excluding carboxylic acids is 1. The molecule has 0 bridgehead atoms. The Morgan fingerprint density at radius 2 is 1.94 bits per heavy atom. The molecule has 0 heterocycles. The number of rotatable bonds is 11. The van der Waals surface area contributed by atoms with Crippen LogP contribution in [0.5, 0.6) is 0 Å². The van der Waals surface area contributed by atoms with E-state index < -0.39 is 5.79 Å². The summed E-state index contributed by atoms with van der Waals surface area (Å²) in [6, 6.07) is 0. The summed E-state index contributed by atoms with van der Waals surface area (Å²) >= 11 is 0. The average Bonchev–Trinajstić information content (AvgIpc) is 2.31. The van der Waals surface area contributed by atoms with Crippen LogP contribution in [0.25, 0.3) is 0 Å². The van der Waals surface area contributed by atoms with Gasteiger partial charge in [0, 0.05) is 13.5 Å². The fourth-order valence-corrected chi connectivity index (χ4v) is 1.33. The average molecular weight is 246 g/mol. The van der Waals surface area contributed by atoms with Crippen molar-refractivity contribution in [2.24, 2.45) is 0 Å². The summed E-state index contributed by atoms with van der Waals surface area (Å²) in [5, 5.41) is 0. The molecule has 17 heavy (non-hydrogen) atoms. The molecule has 102 valence electrons. The monoisotopic (exact) mass is 246 g/mol. The van der Waals surface area contributed by atoms with Crippen LogP contribution in [0.3, 0.4) is 0 Å².